The van der Waals surface area contributed by atoms with E-state index < -0.39 is 11.9 Å². The molecule has 0 saturated carbocycles. The highest BCUT2D eigenvalue weighted by atomic mass is 32.1. The fourth-order valence-electron chi connectivity index (χ4n) is 1.34. The zero-order valence-electron chi connectivity index (χ0n) is 9.32. The summed E-state index contributed by atoms with van der Waals surface area (Å²) in [6, 6.07) is 4.00. The number of aromatic hydroxyl groups is 2. The number of carbonyl (C=O) groups is 2. The first-order valence-corrected chi connectivity index (χ1v) is 5.87. The number of rotatable bonds is 2. The number of aliphatic carboxylic acids is 1. The van der Waals surface area contributed by atoms with E-state index >= 15 is 0 Å². The second-order valence-corrected chi connectivity index (χ2v) is 4.36. The number of carbonyl (C=O) groups excluding carboxylic acids is 1. The minimum Gasteiger partial charge on any atom is -0.508 e. The number of anilines is 1. The Kier molecular flexibility index (Phi) is 3.34. The third-order valence-electron chi connectivity index (χ3n) is 2.18. The summed E-state index contributed by atoms with van der Waals surface area (Å²) in [4.78, 5) is 25.3. The molecule has 0 aliphatic rings. The van der Waals surface area contributed by atoms with E-state index in [2.05, 4.69) is 10.3 Å². The number of amides is 1. The molecule has 0 spiro atoms. The lowest BCUT2D eigenvalue weighted by Crippen LogP contribution is -2.21. The molecule has 19 heavy (non-hydrogen) atoms. The lowest BCUT2D eigenvalue weighted by atomic mass is 10.1. The number of phenolic OH excluding ortho intramolecular Hbond substituents is 2. The number of phenols is 2. The van der Waals surface area contributed by atoms with Crippen molar-refractivity contribution in [2.24, 2.45) is 0 Å². The molecular weight excluding hydrogens is 272 g/mol. The summed E-state index contributed by atoms with van der Waals surface area (Å²) >= 11 is 1.02. The molecule has 2 aromatic rings. The molecule has 7 nitrogen and oxygen atoms in total. The Labute approximate surface area is 110 Å². The van der Waals surface area contributed by atoms with Crippen molar-refractivity contribution in [1.82, 2.24) is 4.98 Å². The summed E-state index contributed by atoms with van der Waals surface area (Å²) in [5.41, 5.74) is 0.730. The smallest absolute Gasteiger partial charge is 0.394 e. The molecule has 1 aromatic heterocycles. The Bertz CT molecular complexity index is 652. The van der Waals surface area contributed by atoms with Crippen molar-refractivity contribution >= 4 is 28.3 Å². The quantitative estimate of drug-likeness (QED) is 0.614. The number of benzene rings is 1. The summed E-state index contributed by atoms with van der Waals surface area (Å²) in [6.07, 6.45) is 0. The van der Waals surface area contributed by atoms with Crippen LogP contribution in [0.15, 0.2) is 23.6 Å². The van der Waals surface area contributed by atoms with Crippen LogP contribution in [0.2, 0.25) is 0 Å². The van der Waals surface area contributed by atoms with Gasteiger partial charge in [0.2, 0.25) is 0 Å². The molecule has 1 heterocycles. The molecule has 8 heteroatoms. The normalized spacial score (nSPS) is 10.1. The van der Waals surface area contributed by atoms with Crippen molar-refractivity contribution in [1.29, 1.82) is 0 Å². The summed E-state index contributed by atoms with van der Waals surface area (Å²) in [7, 11) is 0. The number of aromatic nitrogens is 1. The van der Waals surface area contributed by atoms with Gasteiger partial charge in [-0.1, -0.05) is 0 Å². The van der Waals surface area contributed by atoms with Crippen molar-refractivity contribution < 1.29 is 24.9 Å². The molecule has 0 unspecified atom stereocenters. The molecule has 0 bridgehead atoms. The van der Waals surface area contributed by atoms with Crippen LogP contribution < -0.4 is 5.32 Å². The van der Waals surface area contributed by atoms with Crippen molar-refractivity contribution in [3.63, 3.8) is 0 Å². The predicted molar refractivity (Wildman–Crippen MR) is 67.1 cm³/mol. The number of nitrogens with one attached hydrogen (secondary N) is 1. The van der Waals surface area contributed by atoms with E-state index in [-0.39, 0.29) is 16.6 Å². The van der Waals surface area contributed by atoms with Crippen molar-refractivity contribution in [2.45, 2.75) is 0 Å². The molecule has 1 aromatic carbocycles. The Morgan fingerprint density at radius 2 is 2.00 bits per heavy atom. The predicted octanol–water partition coefficient (Wildman–Crippen LogP) is 1.24. The van der Waals surface area contributed by atoms with Gasteiger partial charge in [0, 0.05) is 17.0 Å². The molecule has 0 saturated heterocycles. The zero-order valence-corrected chi connectivity index (χ0v) is 10.1. The van der Waals surface area contributed by atoms with Gasteiger partial charge in [-0.2, -0.15) is 0 Å². The van der Waals surface area contributed by atoms with Crippen LogP contribution in [0.3, 0.4) is 0 Å². The maximum Gasteiger partial charge on any atom is 0.394 e. The van der Waals surface area contributed by atoms with Gasteiger partial charge in [0.15, 0.2) is 5.13 Å². The largest absolute Gasteiger partial charge is 0.508 e. The molecule has 0 aliphatic carbocycles. The van der Waals surface area contributed by atoms with E-state index in [1.807, 2.05) is 0 Å². The highest BCUT2D eigenvalue weighted by Gasteiger charge is 2.15. The third-order valence-corrected chi connectivity index (χ3v) is 2.93. The Hall–Kier alpha value is -2.61. The average molecular weight is 280 g/mol. The fraction of sp³-hybridized carbons (Fsp3) is 0. The van der Waals surface area contributed by atoms with Gasteiger partial charge >= 0.3 is 11.9 Å². The van der Waals surface area contributed by atoms with Crippen LogP contribution >= 0.6 is 11.3 Å². The Balaban J connectivity index is 2.26. The highest BCUT2D eigenvalue weighted by molar-refractivity contribution is 7.14. The number of hydrogen-bond acceptors (Lipinski definition) is 6. The Morgan fingerprint density at radius 1 is 1.26 bits per heavy atom. The van der Waals surface area contributed by atoms with Crippen LogP contribution in [0.1, 0.15) is 0 Å². The summed E-state index contributed by atoms with van der Waals surface area (Å²) < 4.78 is 0. The monoisotopic (exact) mass is 280 g/mol. The van der Waals surface area contributed by atoms with Gasteiger partial charge in [-0.05, 0) is 12.1 Å². The van der Waals surface area contributed by atoms with E-state index in [1.165, 1.54) is 12.1 Å². The number of thiazole rings is 1. The standard InChI is InChI=1S/C11H8N2O5S/c14-5-1-2-6(8(15)3-5)7-4-19-11(12-7)13-9(16)10(17)18/h1-4,14-15H,(H,17,18)(H,12,13,16). The number of nitrogens with zero attached hydrogens (tertiary/aromatic N) is 1. The van der Waals surface area contributed by atoms with Crippen LogP contribution in [0.25, 0.3) is 11.3 Å². The van der Waals surface area contributed by atoms with Crippen LogP contribution in [0.5, 0.6) is 11.5 Å². The SMILES string of the molecule is O=C(O)C(=O)Nc1nc(-c2ccc(O)cc2O)cs1. The molecule has 0 fully saturated rings. The first kappa shape index (κ1) is 12.8. The van der Waals surface area contributed by atoms with E-state index in [0.717, 1.165) is 17.4 Å². The highest BCUT2D eigenvalue weighted by Crippen LogP contribution is 2.33. The molecular formula is C11H8N2O5S. The lowest BCUT2D eigenvalue weighted by molar-refractivity contribution is -0.147. The van der Waals surface area contributed by atoms with Gasteiger partial charge in [0.25, 0.3) is 0 Å². The topological polar surface area (TPSA) is 120 Å². The molecule has 1 amide bonds. The van der Waals surface area contributed by atoms with Gasteiger partial charge < -0.3 is 15.3 Å². The average Bonchev–Trinajstić information content (AvgIpc) is 2.77. The number of hydrogen-bond donors (Lipinski definition) is 4. The van der Waals surface area contributed by atoms with Crippen LogP contribution in [-0.4, -0.2) is 32.2 Å². The van der Waals surface area contributed by atoms with Gasteiger partial charge in [0.05, 0.1) is 5.69 Å². The Morgan fingerprint density at radius 3 is 2.63 bits per heavy atom. The summed E-state index contributed by atoms with van der Waals surface area (Å²) in [5, 5.41) is 31.0. The van der Waals surface area contributed by atoms with Crippen LogP contribution in [0.4, 0.5) is 5.13 Å². The molecule has 2 rings (SSSR count). The fourth-order valence-corrected chi connectivity index (χ4v) is 2.05. The maximum absolute atomic E-state index is 10.9. The van der Waals surface area contributed by atoms with Crippen LogP contribution in [-0.2, 0) is 9.59 Å². The molecule has 0 atom stereocenters. The maximum atomic E-state index is 10.9. The molecule has 0 radical (unpaired) electrons. The first-order valence-electron chi connectivity index (χ1n) is 4.99. The van der Waals surface area contributed by atoms with Gasteiger partial charge in [-0.15, -0.1) is 11.3 Å². The van der Waals surface area contributed by atoms with Crippen molar-refractivity contribution in [3.05, 3.63) is 23.6 Å². The number of carboxylic acid groups (broad SMARTS) is 1. The minimum atomic E-state index is -1.61. The van der Waals surface area contributed by atoms with E-state index in [9.17, 15) is 14.7 Å². The second kappa shape index (κ2) is 4.94. The van der Waals surface area contributed by atoms with Crippen LogP contribution in [0, 0.1) is 0 Å². The van der Waals surface area contributed by atoms with E-state index in [1.54, 1.807) is 5.38 Å². The van der Waals surface area contributed by atoms with Crippen molar-refractivity contribution in [2.75, 3.05) is 5.32 Å². The first-order chi connectivity index (χ1) is 8.97. The molecule has 0 aliphatic heterocycles. The minimum absolute atomic E-state index is 0.0871. The number of carboxylic acids is 1. The van der Waals surface area contributed by atoms with E-state index in [0.29, 0.717) is 11.3 Å². The van der Waals surface area contributed by atoms with Gasteiger partial charge in [0.1, 0.15) is 11.5 Å². The van der Waals surface area contributed by atoms with E-state index in [4.69, 9.17) is 10.2 Å². The van der Waals surface area contributed by atoms with Gasteiger partial charge in [-0.25, -0.2) is 9.78 Å². The zero-order chi connectivity index (χ0) is 14.0. The molecule has 4 N–H and O–H groups in total. The third kappa shape index (κ3) is 2.80. The van der Waals surface area contributed by atoms with Gasteiger partial charge in [-0.3, -0.25) is 10.1 Å². The second-order valence-electron chi connectivity index (χ2n) is 3.50. The lowest BCUT2D eigenvalue weighted by Gasteiger charge is -2.01. The molecule has 98 valence electrons. The summed E-state index contributed by atoms with van der Waals surface area (Å²) in [5.74, 6) is -3.04. The van der Waals surface area contributed by atoms with Crippen molar-refractivity contribution in [3.8, 4) is 22.8 Å². The summed E-state index contributed by atoms with van der Waals surface area (Å²) in [6.45, 7) is 0.